The molecule has 94 valence electrons. The molecule has 1 atom stereocenters. The summed E-state index contributed by atoms with van der Waals surface area (Å²) >= 11 is 0. The summed E-state index contributed by atoms with van der Waals surface area (Å²) in [5.41, 5.74) is 1.02. The first-order valence-corrected chi connectivity index (χ1v) is 5.59. The average Bonchev–Trinajstić information content (AvgIpc) is 2.82. The van der Waals surface area contributed by atoms with E-state index in [4.69, 9.17) is 5.11 Å². The van der Waals surface area contributed by atoms with E-state index in [-0.39, 0.29) is 0 Å². The Balaban J connectivity index is 2.23. The topological polar surface area (TPSA) is 55.1 Å². The summed E-state index contributed by atoms with van der Waals surface area (Å²) in [6, 6.07) is 6.39. The third-order valence-electron chi connectivity index (χ3n) is 2.73. The summed E-state index contributed by atoms with van der Waals surface area (Å²) in [5.74, 6) is -1.82. The first kappa shape index (κ1) is 12.3. The smallest absolute Gasteiger partial charge is 0.306 e. The number of hydrogen-bond donors (Lipinski definition) is 1. The Labute approximate surface area is 104 Å². The number of aromatic nitrogens is 2. The molecule has 1 aromatic carbocycles. The molecule has 0 spiro atoms. The molecule has 5 heteroatoms. The quantitative estimate of drug-likeness (QED) is 0.903. The van der Waals surface area contributed by atoms with Crippen LogP contribution in [0.25, 0.3) is 5.69 Å². The van der Waals surface area contributed by atoms with Crippen molar-refractivity contribution in [2.45, 2.75) is 13.3 Å². The summed E-state index contributed by atoms with van der Waals surface area (Å²) in [5, 5.41) is 12.8. The second-order valence-corrected chi connectivity index (χ2v) is 4.18. The zero-order chi connectivity index (χ0) is 13.1. The van der Waals surface area contributed by atoms with E-state index in [2.05, 4.69) is 5.10 Å². The molecule has 0 saturated heterocycles. The van der Waals surface area contributed by atoms with Crippen LogP contribution in [0.4, 0.5) is 4.39 Å². The van der Waals surface area contributed by atoms with Crippen molar-refractivity contribution in [1.29, 1.82) is 0 Å². The van der Waals surface area contributed by atoms with Gasteiger partial charge in [-0.15, -0.1) is 0 Å². The Morgan fingerprint density at radius 3 is 2.89 bits per heavy atom. The number of nitrogens with zero attached hydrogens (tertiary/aromatic N) is 2. The average molecular weight is 248 g/mol. The predicted molar refractivity (Wildman–Crippen MR) is 64.0 cm³/mol. The van der Waals surface area contributed by atoms with Crippen molar-refractivity contribution in [2.24, 2.45) is 5.92 Å². The molecule has 1 heterocycles. The van der Waals surface area contributed by atoms with Crippen molar-refractivity contribution >= 4 is 5.97 Å². The number of aliphatic carboxylic acids is 1. The van der Waals surface area contributed by atoms with Crippen LogP contribution in [0.15, 0.2) is 36.7 Å². The molecule has 0 fully saturated rings. The van der Waals surface area contributed by atoms with Gasteiger partial charge in [0.1, 0.15) is 11.5 Å². The maximum absolute atomic E-state index is 13.9. The Hall–Kier alpha value is -2.17. The highest BCUT2D eigenvalue weighted by molar-refractivity contribution is 5.69. The maximum atomic E-state index is 13.9. The second kappa shape index (κ2) is 5.00. The first-order chi connectivity index (χ1) is 8.58. The van der Waals surface area contributed by atoms with Gasteiger partial charge < -0.3 is 5.11 Å². The number of benzene rings is 1. The minimum absolute atomic E-state index is 0.311. The third-order valence-corrected chi connectivity index (χ3v) is 2.73. The van der Waals surface area contributed by atoms with Crippen molar-refractivity contribution in [3.05, 3.63) is 48.0 Å². The molecule has 1 aromatic heterocycles. The van der Waals surface area contributed by atoms with E-state index in [0.29, 0.717) is 17.7 Å². The lowest BCUT2D eigenvalue weighted by Gasteiger charge is -2.08. The Kier molecular flexibility index (Phi) is 3.41. The highest BCUT2D eigenvalue weighted by Gasteiger charge is 2.13. The molecule has 0 amide bonds. The fourth-order valence-corrected chi connectivity index (χ4v) is 1.72. The van der Waals surface area contributed by atoms with Crippen LogP contribution in [-0.2, 0) is 11.2 Å². The van der Waals surface area contributed by atoms with Crippen LogP contribution < -0.4 is 0 Å². The van der Waals surface area contributed by atoms with Crippen molar-refractivity contribution < 1.29 is 14.3 Å². The molecular formula is C13H13FN2O2. The molecule has 2 rings (SSSR count). The minimum Gasteiger partial charge on any atom is -0.481 e. The van der Waals surface area contributed by atoms with E-state index < -0.39 is 17.7 Å². The fraction of sp³-hybridized carbons (Fsp3) is 0.231. The number of hydrogen-bond acceptors (Lipinski definition) is 2. The normalized spacial score (nSPS) is 12.3. The van der Waals surface area contributed by atoms with Gasteiger partial charge in [-0.1, -0.05) is 13.0 Å². The fourth-order valence-electron chi connectivity index (χ4n) is 1.72. The van der Waals surface area contributed by atoms with Crippen molar-refractivity contribution in [3.8, 4) is 5.69 Å². The van der Waals surface area contributed by atoms with Crippen molar-refractivity contribution in [3.63, 3.8) is 0 Å². The molecule has 0 aliphatic heterocycles. The van der Waals surface area contributed by atoms with Crippen LogP contribution in [-0.4, -0.2) is 20.9 Å². The number of rotatable bonds is 4. The summed E-state index contributed by atoms with van der Waals surface area (Å²) in [6.07, 6.45) is 3.53. The molecule has 0 saturated carbocycles. The summed E-state index contributed by atoms with van der Waals surface area (Å²) in [7, 11) is 0. The standard InChI is InChI=1S/C13H13FN2O2/c1-9(13(17)18)7-10-3-4-12(11(14)8-10)16-6-2-5-15-16/h2-6,8-9H,7H2,1H3,(H,17,18). The van der Waals surface area contributed by atoms with E-state index >= 15 is 0 Å². The number of halogens is 1. The van der Waals surface area contributed by atoms with Gasteiger partial charge in [0, 0.05) is 12.4 Å². The van der Waals surface area contributed by atoms with Crippen LogP contribution in [0.1, 0.15) is 12.5 Å². The first-order valence-electron chi connectivity index (χ1n) is 5.59. The van der Waals surface area contributed by atoms with Gasteiger partial charge in [0.05, 0.1) is 5.92 Å². The van der Waals surface area contributed by atoms with Gasteiger partial charge >= 0.3 is 5.97 Å². The van der Waals surface area contributed by atoms with Crippen LogP contribution in [0, 0.1) is 11.7 Å². The maximum Gasteiger partial charge on any atom is 0.306 e. The number of carbonyl (C=O) groups is 1. The lowest BCUT2D eigenvalue weighted by molar-refractivity contribution is -0.141. The van der Waals surface area contributed by atoms with Crippen LogP contribution >= 0.6 is 0 Å². The Morgan fingerprint density at radius 2 is 2.33 bits per heavy atom. The third kappa shape index (κ3) is 2.56. The summed E-state index contributed by atoms with van der Waals surface area (Å²) < 4.78 is 15.3. The lowest BCUT2D eigenvalue weighted by Crippen LogP contribution is -2.12. The van der Waals surface area contributed by atoms with Gasteiger partial charge in [0.25, 0.3) is 0 Å². The molecule has 1 N–H and O–H groups in total. The monoisotopic (exact) mass is 248 g/mol. The van der Waals surface area contributed by atoms with E-state index in [9.17, 15) is 9.18 Å². The van der Waals surface area contributed by atoms with Gasteiger partial charge in [-0.05, 0) is 30.2 Å². The molecule has 18 heavy (non-hydrogen) atoms. The second-order valence-electron chi connectivity index (χ2n) is 4.18. The minimum atomic E-state index is -0.883. The van der Waals surface area contributed by atoms with Gasteiger partial charge in [-0.25, -0.2) is 9.07 Å². The van der Waals surface area contributed by atoms with E-state index in [1.54, 1.807) is 37.5 Å². The molecule has 0 aliphatic rings. The molecule has 0 bridgehead atoms. The summed E-state index contributed by atoms with van der Waals surface area (Å²) in [6.45, 7) is 1.60. The van der Waals surface area contributed by atoms with E-state index in [1.165, 1.54) is 10.7 Å². The van der Waals surface area contributed by atoms with Gasteiger partial charge in [-0.3, -0.25) is 4.79 Å². The van der Waals surface area contributed by atoms with E-state index in [1.807, 2.05) is 0 Å². The molecule has 0 aliphatic carbocycles. The number of carboxylic acid groups (broad SMARTS) is 1. The largest absolute Gasteiger partial charge is 0.481 e. The van der Waals surface area contributed by atoms with Gasteiger partial charge in [-0.2, -0.15) is 5.10 Å². The molecule has 4 nitrogen and oxygen atoms in total. The van der Waals surface area contributed by atoms with Crippen molar-refractivity contribution in [1.82, 2.24) is 9.78 Å². The van der Waals surface area contributed by atoms with Crippen LogP contribution in [0.2, 0.25) is 0 Å². The van der Waals surface area contributed by atoms with Crippen molar-refractivity contribution in [2.75, 3.05) is 0 Å². The zero-order valence-corrected chi connectivity index (χ0v) is 9.88. The highest BCUT2D eigenvalue weighted by Crippen LogP contribution is 2.17. The van der Waals surface area contributed by atoms with Gasteiger partial charge in [0.15, 0.2) is 0 Å². The molecule has 1 unspecified atom stereocenters. The zero-order valence-electron chi connectivity index (χ0n) is 9.88. The number of carboxylic acids is 1. The SMILES string of the molecule is CC(Cc1ccc(-n2cccn2)c(F)c1)C(=O)O. The Bertz CT molecular complexity index is 552. The predicted octanol–water partition coefficient (Wildman–Crippen LogP) is 2.27. The van der Waals surface area contributed by atoms with Crippen LogP contribution in [0.3, 0.4) is 0 Å². The molecular weight excluding hydrogens is 235 g/mol. The van der Waals surface area contributed by atoms with Gasteiger partial charge in [0.2, 0.25) is 0 Å². The van der Waals surface area contributed by atoms with Crippen LogP contribution in [0.5, 0.6) is 0 Å². The Morgan fingerprint density at radius 1 is 1.56 bits per heavy atom. The highest BCUT2D eigenvalue weighted by atomic mass is 19.1. The molecule has 0 radical (unpaired) electrons. The lowest BCUT2D eigenvalue weighted by atomic mass is 10.0. The molecule has 2 aromatic rings. The van der Waals surface area contributed by atoms with E-state index in [0.717, 1.165) is 0 Å². The summed E-state index contributed by atoms with van der Waals surface area (Å²) in [4.78, 5) is 10.7.